The van der Waals surface area contributed by atoms with E-state index in [0.29, 0.717) is 0 Å². The fourth-order valence-electron chi connectivity index (χ4n) is 10.3. The van der Waals surface area contributed by atoms with Crippen LogP contribution in [-0.2, 0) is 6.42 Å². The van der Waals surface area contributed by atoms with E-state index in [2.05, 4.69) is 345 Å². The zero-order chi connectivity index (χ0) is 52.9. The Bertz CT molecular complexity index is 3690. The summed E-state index contributed by atoms with van der Waals surface area (Å²) in [5.74, 6) is 0.278. The molecule has 0 atom stereocenters. The Hall–Kier alpha value is -9.76. The molecule has 0 aromatic heterocycles. The predicted molar refractivity (Wildman–Crippen MR) is 334 cm³/mol. The monoisotopic (exact) mass is 1000 g/mol. The maximum absolute atomic E-state index is 2.37. The summed E-state index contributed by atoms with van der Waals surface area (Å²) in [5, 5.41) is 0. The van der Waals surface area contributed by atoms with Gasteiger partial charge in [-0.05, 0) is 159 Å². The number of hydrogen-bond donors (Lipinski definition) is 0. The van der Waals surface area contributed by atoms with Crippen LogP contribution in [0.3, 0.4) is 0 Å². The molecule has 11 aromatic rings. The van der Waals surface area contributed by atoms with Crippen molar-refractivity contribution >= 4 is 70.1 Å². The van der Waals surface area contributed by atoms with Gasteiger partial charge in [0.15, 0.2) is 0 Å². The number of rotatable bonds is 17. The lowest BCUT2D eigenvalue weighted by Crippen LogP contribution is -2.11. The highest BCUT2D eigenvalue weighted by Gasteiger charge is 2.19. The normalized spacial score (nSPS) is 11.3. The van der Waals surface area contributed by atoms with E-state index in [1.807, 2.05) is 0 Å². The van der Waals surface area contributed by atoms with E-state index >= 15 is 0 Å². The van der Waals surface area contributed by atoms with E-state index in [1.165, 1.54) is 50.2 Å². The van der Waals surface area contributed by atoms with Crippen LogP contribution >= 0.6 is 0 Å². The molecule has 0 aliphatic carbocycles. The van der Waals surface area contributed by atoms with Crippen LogP contribution in [-0.4, -0.2) is 0 Å². The van der Waals surface area contributed by atoms with Crippen molar-refractivity contribution < 1.29 is 0 Å². The molecule has 11 aromatic carbocycles. The van der Waals surface area contributed by atoms with Gasteiger partial charge < -0.3 is 9.80 Å². The van der Waals surface area contributed by atoms with Gasteiger partial charge in [-0.25, -0.2) is 0 Å². The average Bonchev–Trinajstić information content (AvgIpc) is 3.56. The second kappa shape index (κ2) is 24.3. The van der Waals surface area contributed by atoms with E-state index in [1.54, 1.807) is 0 Å². The number of anilines is 6. The molecular formula is C76H62N2. The fourth-order valence-corrected chi connectivity index (χ4v) is 10.3. The molecule has 2 nitrogen and oxygen atoms in total. The van der Waals surface area contributed by atoms with Gasteiger partial charge >= 0.3 is 0 Å². The third kappa shape index (κ3) is 12.2. The second-order valence-corrected chi connectivity index (χ2v) is 19.9. The number of para-hydroxylation sites is 2. The highest BCUT2D eigenvalue weighted by atomic mass is 15.1. The first kappa shape index (κ1) is 50.4. The third-order valence-corrected chi connectivity index (χ3v) is 14.6. The summed E-state index contributed by atoms with van der Waals surface area (Å²) >= 11 is 0. The molecular weight excluding hydrogens is 941 g/mol. The first-order chi connectivity index (χ1) is 38.5. The lowest BCUT2D eigenvalue weighted by Gasteiger charge is -2.27. The Balaban J connectivity index is 0.763. The molecule has 0 N–H and O–H groups in total. The minimum Gasteiger partial charge on any atom is -0.310 e. The van der Waals surface area contributed by atoms with Gasteiger partial charge in [0, 0.05) is 40.0 Å². The van der Waals surface area contributed by atoms with Crippen molar-refractivity contribution in [2.75, 3.05) is 9.80 Å². The van der Waals surface area contributed by atoms with Crippen molar-refractivity contribution in [2.45, 2.75) is 26.2 Å². The van der Waals surface area contributed by atoms with Gasteiger partial charge in [0.25, 0.3) is 0 Å². The Morgan fingerprint density at radius 3 is 0.962 bits per heavy atom. The van der Waals surface area contributed by atoms with Crippen LogP contribution in [0.1, 0.15) is 72.7 Å². The van der Waals surface area contributed by atoms with Crippen molar-refractivity contribution in [3.63, 3.8) is 0 Å². The Labute approximate surface area is 461 Å². The van der Waals surface area contributed by atoms with Crippen LogP contribution in [0.2, 0.25) is 0 Å². The van der Waals surface area contributed by atoms with Crippen LogP contribution in [0, 0.1) is 13.8 Å². The van der Waals surface area contributed by atoms with E-state index < -0.39 is 0 Å². The van der Waals surface area contributed by atoms with Crippen molar-refractivity contribution in [3.05, 3.63) is 358 Å². The number of benzene rings is 11. The summed E-state index contributed by atoms with van der Waals surface area (Å²) in [7, 11) is 0. The molecule has 0 saturated heterocycles. The molecule has 0 unspecified atom stereocenters. The predicted octanol–water partition coefficient (Wildman–Crippen LogP) is 20.5. The lowest BCUT2D eigenvalue weighted by molar-refractivity contribution is 0.805. The summed E-state index contributed by atoms with van der Waals surface area (Å²) < 4.78 is 0. The smallest absolute Gasteiger partial charge is 0.0490 e. The van der Waals surface area contributed by atoms with Gasteiger partial charge in [0.2, 0.25) is 0 Å². The first-order valence-electron chi connectivity index (χ1n) is 27.0. The Kier molecular flexibility index (Phi) is 15.7. The van der Waals surface area contributed by atoms with Gasteiger partial charge in [-0.3, -0.25) is 0 Å². The van der Waals surface area contributed by atoms with Crippen molar-refractivity contribution in [2.24, 2.45) is 0 Å². The Morgan fingerprint density at radius 1 is 0.308 bits per heavy atom. The molecule has 0 aliphatic rings. The summed E-state index contributed by atoms with van der Waals surface area (Å²) in [6, 6.07) is 105. The van der Waals surface area contributed by atoms with Gasteiger partial charge in [-0.1, -0.05) is 255 Å². The molecule has 0 spiro atoms. The minimum atomic E-state index is 0.278. The van der Waals surface area contributed by atoms with E-state index in [4.69, 9.17) is 0 Å². The maximum Gasteiger partial charge on any atom is 0.0490 e. The lowest BCUT2D eigenvalue weighted by atomic mass is 9.86. The van der Waals surface area contributed by atoms with Gasteiger partial charge in [-0.15, -0.1) is 0 Å². The summed E-state index contributed by atoms with van der Waals surface area (Å²) in [6.07, 6.45) is 12.0. The van der Waals surface area contributed by atoms with E-state index in [-0.39, 0.29) is 5.92 Å². The van der Waals surface area contributed by atoms with Crippen LogP contribution < -0.4 is 9.80 Å². The fraction of sp³-hybridized carbons (Fsp3) is 0.0526. The van der Waals surface area contributed by atoms with Crippen LogP contribution in [0.25, 0.3) is 36.0 Å². The van der Waals surface area contributed by atoms with Gasteiger partial charge in [0.1, 0.15) is 0 Å². The van der Waals surface area contributed by atoms with Gasteiger partial charge in [-0.2, -0.15) is 0 Å². The van der Waals surface area contributed by atoms with Crippen molar-refractivity contribution in [1.82, 2.24) is 0 Å². The SMILES string of the molecule is Cc1ccccc1N(c1ccc(C=C(c2ccccc2)c2ccccc2)cc1)c1ccc(/C=C/c2ccc(/C=C/c3ccc(N(c4ccc(CC(c5ccccc5)c5ccccc5)cc4)c4ccccc4C)cc3)cc2)cc1. The molecule has 0 saturated carbocycles. The Morgan fingerprint density at radius 2 is 0.603 bits per heavy atom. The standard InChI is InChI=1S/C76H62N2/c1-57-19-15-17-29-75(57)77(71-51-43-63(44-52-71)55-73(65-21-7-3-8-22-65)66-23-9-4-10-24-66)69-47-39-61(40-48-69)37-35-59-31-33-60(34-32-59)36-38-62-41-49-70(50-42-62)78(76-30-18-16-20-58(76)2)72-53-45-64(46-54-72)56-74(67-25-11-5-12-26-67)68-27-13-6-14-28-68/h3-55,74H,56H2,1-2H3/b37-35+,38-36+. The second-order valence-electron chi connectivity index (χ2n) is 19.9. The van der Waals surface area contributed by atoms with Gasteiger partial charge in [0.05, 0.1) is 0 Å². The molecule has 0 aliphatic heterocycles. The third-order valence-electron chi connectivity index (χ3n) is 14.6. The summed E-state index contributed by atoms with van der Waals surface area (Å²) in [5.41, 5.74) is 22.5. The van der Waals surface area contributed by atoms with Crippen LogP contribution in [0.5, 0.6) is 0 Å². The number of aryl methyl sites for hydroxylation is 2. The molecule has 78 heavy (non-hydrogen) atoms. The average molecular weight is 1000 g/mol. The topological polar surface area (TPSA) is 6.48 Å². The number of nitrogens with zero attached hydrogens (tertiary/aromatic N) is 2. The van der Waals surface area contributed by atoms with Crippen molar-refractivity contribution in [3.8, 4) is 0 Å². The largest absolute Gasteiger partial charge is 0.310 e. The highest BCUT2D eigenvalue weighted by Crippen LogP contribution is 2.40. The molecule has 0 bridgehead atoms. The van der Waals surface area contributed by atoms with Crippen LogP contribution in [0.4, 0.5) is 34.1 Å². The molecule has 376 valence electrons. The molecule has 0 fully saturated rings. The quantitative estimate of drug-likeness (QED) is 0.0839. The molecule has 0 heterocycles. The molecule has 11 rings (SSSR count). The first-order valence-corrected chi connectivity index (χ1v) is 27.0. The van der Waals surface area contributed by atoms with E-state index in [9.17, 15) is 0 Å². The number of hydrogen-bond acceptors (Lipinski definition) is 2. The summed E-state index contributed by atoms with van der Waals surface area (Å²) in [6.45, 7) is 4.36. The van der Waals surface area contributed by atoms with Crippen molar-refractivity contribution in [1.29, 1.82) is 0 Å². The zero-order valence-electron chi connectivity index (χ0n) is 44.3. The molecule has 0 radical (unpaired) electrons. The van der Waals surface area contributed by atoms with E-state index in [0.717, 1.165) is 62.7 Å². The van der Waals surface area contributed by atoms with Crippen LogP contribution in [0.15, 0.2) is 291 Å². The zero-order valence-corrected chi connectivity index (χ0v) is 44.3. The molecule has 2 heteroatoms. The minimum absolute atomic E-state index is 0.278. The molecule has 0 amide bonds. The maximum atomic E-state index is 2.37. The highest BCUT2D eigenvalue weighted by molar-refractivity contribution is 5.92. The summed E-state index contributed by atoms with van der Waals surface area (Å²) in [4.78, 5) is 4.72.